The number of aromatic nitrogens is 6. The fourth-order valence-corrected chi connectivity index (χ4v) is 5.32. The molecular weight excluding hydrogens is 470 g/mol. The van der Waals surface area contributed by atoms with E-state index in [-0.39, 0.29) is 11.6 Å². The molecule has 0 saturated heterocycles. The molecule has 0 atom stereocenters. The lowest BCUT2D eigenvalue weighted by atomic mass is 10.1. The maximum Gasteiger partial charge on any atom is 0.279 e. The van der Waals surface area contributed by atoms with Crippen LogP contribution in [0.25, 0.3) is 27.9 Å². The zero-order chi connectivity index (χ0) is 23.5. The quantitative estimate of drug-likeness (QED) is 0.175. The molecule has 0 aliphatic heterocycles. The largest absolute Gasteiger partial charge is 0.355 e. The molecule has 3 heterocycles. The number of hydrogen-bond acceptors (Lipinski definition) is 9. The van der Waals surface area contributed by atoms with Crippen LogP contribution in [0.15, 0.2) is 57.4 Å². The number of nitrogens with zero attached hydrogens (tertiary/aromatic N) is 6. The Morgan fingerprint density at radius 2 is 2.00 bits per heavy atom. The SMILES string of the molecule is CCCCSc1nnc(NC(=O)c2nnn(-c3ccc4noc(-c5ccccc5)c4c3)c2C)s1. The molecule has 3 aromatic heterocycles. The standard InChI is InChI=1S/C23H21N7O2S2/c1-3-4-12-33-23-27-26-22(34-23)24-21(31)19-14(2)30(29-25-19)16-10-11-18-17(13-16)20(32-28-18)15-8-6-5-7-9-15/h5-11,13H,3-4,12H2,1-2H3,(H,24,26,31). The molecule has 1 N–H and O–H groups in total. The Bertz CT molecular complexity index is 1440. The number of fused-ring (bicyclic) bond motifs is 1. The van der Waals surface area contributed by atoms with Crippen LogP contribution in [0, 0.1) is 6.92 Å². The molecule has 0 saturated carbocycles. The summed E-state index contributed by atoms with van der Waals surface area (Å²) in [7, 11) is 0. The van der Waals surface area contributed by atoms with Crippen LogP contribution in [-0.4, -0.2) is 42.0 Å². The summed E-state index contributed by atoms with van der Waals surface area (Å²) in [6, 6.07) is 15.5. The summed E-state index contributed by atoms with van der Waals surface area (Å²) in [5.74, 6) is 1.28. The van der Waals surface area contributed by atoms with Crippen molar-refractivity contribution in [3.63, 3.8) is 0 Å². The minimum absolute atomic E-state index is 0.226. The number of unbranched alkanes of at least 4 members (excludes halogenated alkanes) is 1. The van der Waals surface area contributed by atoms with Crippen molar-refractivity contribution in [1.82, 2.24) is 30.3 Å². The number of benzene rings is 2. The first-order chi connectivity index (χ1) is 16.6. The summed E-state index contributed by atoms with van der Waals surface area (Å²) in [5.41, 5.74) is 3.26. The molecule has 0 bridgehead atoms. The van der Waals surface area contributed by atoms with E-state index in [1.54, 1.807) is 23.4 Å². The molecule has 1 amide bonds. The van der Waals surface area contributed by atoms with Crippen LogP contribution in [-0.2, 0) is 0 Å². The van der Waals surface area contributed by atoms with Crippen molar-refractivity contribution in [3.05, 3.63) is 59.9 Å². The summed E-state index contributed by atoms with van der Waals surface area (Å²) >= 11 is 3.00. The molecule has 0 unspecified atom stereocenters. The van der Waals surface area contributed by atoms with Gasteiger partial charge in [0.25, 0.3) is 5.91 Å². The van der Waals surface area contributed by atoms with Crippen LogP contribution >= 0.6 is 23.1 Å². The Labute approximate surface area is 203 Å². The first kappa shape index (κ1) is 22.2. The monoisotopic (exact) mass is 491 g/mol. The molecule has 5 aromatic rings. The highest BCUT2D eigenvalue weighted by Gasteiger charge is 2.20. The van der Waals surface area contributed by atoms with E-state index in [1.165, 1.54) is 11.3 Å². The topological polar surface area (TPSA) is 112 Å². The molecule has 172 valence electrons. The van der Waals surface area contributed by atoms with Crippen LogP contribution in [0.1, 0.15) is 35.9 Å². The summed E-state index contributed by atoms with van der Waals surface area (Å²) in [4.78, 5) is 12.8. The molecule has 9 nitrogen and oxygen atoms in total. The maximum absolute atomic E-state index is 12.8. The Balaban J connectivity index is 1.38. The predicted octanol–water partition coefficient (Wildman–Crippen LogP) is 5.38. The van der Waals surface area contributed by atoms with Gasteiger partial charge < -0.3 is 4.52 Å². The van der Waals surface area contributed by atoms with Gasteiger partial charge >= 0.3 is 0 Å². The summed E-state index contributed by atoms with van der Waals surface area (Å²) < 4.78 is 8.05. The number of hydrogen-bond donors (Lipinski definition) is 1. The highest BCUT2D eigenvalue weighted by atomic mass is 32.2. The normalized spacial score (nSPS) is 11.2. The van der Waals surface area contributed by atoms with Gasteiger partial charge in [-0.1, -0.05) is 77.1 Å². The van der Waals surface area contributed by atoms with Crippen LogP contribution in [0.5, 0.6) is 0 Å². The van der Waals surface area contributed by atoms with Gasteiger partial charge in [0, 0.05) is 11.3 Å². The number of amides is 1. The molecule has 0 fully saturated rings. The number of rotatable bonds is 8. The van der Waals surface area contributed by atoms with Crippen molar-refractivity contribution in [2.45, 2.75) is 31.0 Å². The zero-order valence-electron chi connectivity index (χ0n) is 18.6. The van der Waals surface area contributed by atoms with Gasteiger partial charge in [0.2, 0.25) is 5.13 Å². The van der Waals surface area contributed by atoms with Gasteiger partial charge in [-0.05, 0) is 31.5 Å². The first-order valence-electron chi connectivity index (χ1n) is 10.8. The highest BCUT2D eigenvalue weighted by Crippen LogP contribution is 2.30. The minimum atomic E-state index is -0.374. The Hall–Kier alpha value is -3.57. The fourth-order valence-electron chi connectivity index (χ4n) is 3.42. The minimum Gasteiger partial charge on any atom is -0.355 e. The van der Waals surface area contributed by atoms with E-state index < -0.39 is 0 Å². The summed E-state index contributed by atoms with van der Waals surface area (Å²) in [5, 5.41) is 24.8. The van der Waals surface area contributed by atoms with Gasteiger partial charge in [-0.15, -0.1) is 15.3 Å². The van der Waals surface area contributed by atoms with Crippen LogP contribution < -0.4 is 5.32 Å². The molecule has 0 spiro atoms. The third-order valence-corrected chi connectivity index (χ3v) is 7.26. The van der Waals surface area contributed by atoms with E-state index in [1.807, 2.05) is 48.5 Å². The predicted molar refractivity (Wildman–Crippen MR) is 133 cm³/mol. The lowest BCUT2D eigenvalue weighted by Gasteiger charge is -2.04. The maximum atomic E-state index is 12.8. The van der Waals surface area contributed by atoms with Gasteiger partial charge in [-0.3, -0.25) is 10.1 Å². The molecule has 0 radical (unpaired) electrons. The van der Waals surface area contributed by atoms with Gasteiger partial charge in [0.1, 0.15) is 5.52 Å². The summed E-state index contributed by atoms with van der Waals surface area (Å²) in [6.07, 6.45) is 2.24. The molecule has 34 heavy (non-hydrogen) atoms. The molecular formula is C23H21N7O2S2. The van der Waals surface area contributed by atoms with Gasteiger partial charge in [0.05, 0.1) is 16.8 Å². The van der Waals surface area contributed by atoms with Crippen molar-refractivity contribution in [2.24, 2.45) is 0 Å². The number of carbonyl (C=O) groups excluding carboxylic acids is 1. The Morgan fingerprint density at radius 1 is 1.15 bits per heavy atom. The van der Waals surface area contributed by atoms with Crippen LogP contribution in [0.2, 0.25) is 0 Å². The highest BCUT2D eigenvalue weighted by molar-refractivity contribution is 8.01. The third kappa shape index (κ3) is 4.44. The third-order valence-electron chi connectivity index (χ3n) is 5.20. The number of carbonyl (C=O) groups is 1. The van der Waals surface area contributed by atoms with Crippen molar-refractivity contribution < 1.29 is 9.32 Å². The fraction of sp³-hybridized carbons (Fsp3) is 0.217. The molecule has 0 aliphatic rings. The van der Waals surface area contributed by atoms with E-state index in [4.69, 9.17) is 4.52 Å². The second-order valence-electron chi connectivity index (χ2n) is 7.54. The second kappa shape index (κ2) is 9.74. The molecule has 0 aliphatic carbocycles. The first-order valence-corrected chi connectivity index (χ1v) is 12.6. The van der Waals surface area contributed by atoms with Gasteiger partial charge in [-0.25, -0.2) is 4.68 Å². The smallest absolute Gasteiger partial charge is 0.279 e. The zero-order valence-corrected chi connectivity index (χ0v) is 20.2. The van der Waals surface area contributed by atoms with E-state index in [0.29, 0.717) is 16.6 Å². The van der Waals surface area contributed by atoms with Crippen molar-refractivity contribution in [1.29, 1.82) is 0 Å². The lowest BCUT2D eigenvalue weighted by molar-refractivity contribution is 0.102. The molecule has 5 rings (SSSR count). The lowest BCUT2D eigenvalue weighted by Crippen LogP contribution is -2.14. The summed E-state index contributed by atoms with van der Waals surface area (Å²) in [6.45, 7) is 3.95. The van der Waals surface area contributed by atoms with Crippen molar-refractivity contribution in [2.75, 3.05) is 11.1 Å². The average Bonchev–Trinajstić information content (AvgIpc) is 3.58. The Kier molecular flexibility index (Phi) is 6.37. The Morgan fingerprint density at radius 3 is 2.82 bits per heavy atom. The van der Waals surface area contributed by atoms with Crippen molar-refractivity contribution in [3.8, 4) is 17.0 Å². The number of thioether (sulfide) groups is 1. The molecule has 2 aromatic carbocycles. The van der Waals surface area contributed by atoms with Gasteiger partial charge in [0.15, 0.2) is 15.8 Å². The van der Waals surface area contributed by atoms with Crippen LogP contribution in [0.3, 0.4) is 0 Å². The van der Waals surface area contributed by atoms with E-state index >= 15 is 0 Å². The van der Waals surface area contributed by atoms with Gasteiger partial charge in [-0.2, -0.15) is 0 Å². The number of anilines is 1. The van der Waals surface area contributed by atoms with E-state index in [2.05, 4.69) is 37.9 Å². The average molecular weight is 492 g/mol. The van der Waals surface area contributed by atoms with E-state index in [0.717, 1.165) is 45.1 Å². The van der Waals surface area contributed by atoms with E-state index in [9.17, 15) is 4.79 Å². The molecule has 11 heteroatoms. The van der Waals surface area contributed by atoms with Crippen LogP contribution in [0.4, 0.5) is 5.13 Å². The van der Waals surface area contributed by atoms with Crippen molar-refractivity contribution >= 4 is 45.0 Å². The number of nitrogens with one attached hydrogen (secondary N) is 1. The second-order valence-corrected chi connectivity index (χ2v) is 9.86.